The van der Waals surface area contributed by atoms with Gasteiger partial charge in [-0.15, -0.1) is 0 Å². The number of hydrogen-bond donors (Lipinski definition) is 3. The summed E-state index contributed by atoms with van der Waals surface area (Å²) in [6.07, 6.45) is 7.71. The minimum absolute atomic E-state index is 0.0908. The number of anilines is 2. The van der Waals surface area contributed by atoms with Crippen molar-refractivity contribution < 1.29 is 18.7 Å². The first-order valence-electron chi connectivity index (χ1n) is 12.6. The quantitative estimate of drug-likeness (QED) is 0.502. The van der Waals surface area contributed by atoms with Crippen LogP contribution in [0.1, 0.15) is 47.7 Å². The summed E-state index contributed by atoms with van der Waals surface area (Å²) in [4.78, 5) is 23.6. The van der Waals surface area contributed by atoms with Crippen molar-refractivity contribution in [1.82, 2.24) is 20.2 Å². The Morgan fingerprint density at radius 2 is 2.08 bits per heavy atom. The smallest absolute Gasteiger partial charge is 0.255 e. The molecular weight excluding hydrogens is 461 g/mol. The molecule has 1 aromatic carbocycles. The standard InChI is InChI=1S/C27H30FN5O3/c1-35-26-19(28)7-2-8-20(26)31-25-22-23-16(13-30-27(22)34)5-3-11-33-12-4-6-17(33)15-36-21-14-29-10-9-18(21)24(25)32-23/h2,7-10,14,16-17,31-32H,3-6,11-13,15H2,1H3,(H,30,34)/t16?,17-/m0/s1. The molecule has 1 fully saturated rings. The molecule has 0 saturated carbocycles. The number of pyridine rings is 1. The van der Waals surface area contributed by atoms with Crippen LogP contribution in [-0.2, 0) is 0 Å². The average molecular weight is 492 g/mol. The van der Waals surface area contributed by atoms with Crippen LogP contribution >= 0.6 is 0 Å². The summed E-state index contributed by atoms with van der Waals surface area (Å²) in [5.41, 5.74) is 3.97. The molecule has 0 aliphatic carbocycles. The number of aromatic nitrogens is 2. The topological polar surface area (TPSA) is 91.5 Å². The van der Waals surface area contributed by atoms with Crippen LogP contribution < -0.4 is 20.1 Å². The van der Waals surface area contributed by atoms with E-state index in [2.05, 4.69) is 25.5 Å². The second kappa shape index (κ2) is 9.46. The number of amides is 1. The first-order valence-corrected chi connectivity index (χ1v) is 12.6. The van der Waals surface area contributed by atoms with Gasteiger partial charge in [-0.25, -0.2) is 4.39 Å². The second-order valence-corrected chi connectivity index (χ2v) is 9.67. The van der Waals surface area contributed by atoms with Crippen molar-refractivity contribution in [1.29, 1.82) is 0 Å². The van der Waals surface area contributed by atoms with Crippen LogP contribution in [0, 0.1) is 5.82 Å². The largest absolute Gasteiger partial charge is 0.492 e. The Morgan fingerprint density at radius 3 is 2.94 bits per heavy atom. The summed E-state index contributed by atoms with van der Waals surface area (Å²) in [5, 5.41) is 6.40. The Kier molecular flexibility index (Phi) is 6.00. The van der Waals surface area contributed by atoms with E-state index in [0.29, 0.717) is 47.6 Å². The van der Waals surface area contributed by atoms with Crippen LogP contribution in [0.25, 0.3) is 11.3 Å². The van der Waals surface area contributed by atoms with E-state index in [1.165, 1.54) is 19.6 Å². The Hall–Kier alpha value is -3.59. The van der Waals surface area contributed by atoms with E-state index < -0.39 is 5.82 Å². The van der Waals surface area contributed by atoms with Crippen LogP contribution in [0.5, 0.6) is 11.5 Å². The van der Waals surface area contributed by atoms with Gasteiger partial charge >= 0.3 is 0 Å². The maximum atomic E-state index is 14.5. The van der Waals surface area contributed by atoms with Gasteiger partial charge in [0.05, 0.1) is 35.9 Å². The lowest BCUT2D eigenvalue weighted by Crippen LogP contribution is -2.37. The zero-order valence-electron chi connectivity index (χ0n) is 20.3. The van der Waals surface area contributed by atoms with Crippen molar-refractivity contribution in [2.75, 3.05) is 38.7 Å². The van der Waals surface area contributed by atoms with Gasteiger partial charge in [-0.2, -0.15) is 0 Å². The van der Waals surface area contributed by atoms with Gasteiger partial charge in [0.15, 0.2) is 11.6 Å². The van der Waals surface area contributed by atoms with E-state index in [4.69, 9.17) is 9.47 Å². The molecule has 188 valence electrons. The molecule has 1 saturated heterocycles. The molecule has 1 amide bonds. The van der Waals surface area contributed by atoms with Gasteiger partial charge in [0.1, 0.15) is 12.4 Å². The summed E-state index contributed by atoms with van der Waals surface area (Å²) in [6.45, 7) is 3.27. The van der Waals surface area contributed by atoms with Crippen molar-refractivity contribution in [2.24, 2.45) is 0 Å². The van der Waals surface area contributed by atoms with Gasteiger partial charge in [-0.3, -0.25) is 14.7 Å². The van der Waals surface area contributed by atoms with Crippen molar-refractivity contribution >= 4 is 17.3 Å². The van der Waals surface area contributed by atoms with Gasteiger partial charge < -0.3 is 25.1 Å². The molecule has 0 radical (unpaired) electrons. The maximum Gasteiger partial charge on any atom is 0.255 e. The van der Waals surface area contributed by atoms with E-state index in [1.54, 1.807) is 24.5 Å². The first kappa shape index (κ1) is 22.8. The number of aromatic amines is 1. The van der Waals surface area contributed by atoms with E-state index in [1.807, 2.05) is 6.07 Å². The highest BCUT2D eigenvalue weighted by Crippen LogP contribution is 2.44. The Labute approximate surface area is 209 Å². The molecule has 2 bridgehead atoms. The highest BCUT2D eigenvalue weighted by atomic mass is 19.1. The predicted molar refractivity (Wildman–Crippen MR) is 135 cm³/mol. The molecule has 0 spiro atoms. The molecule has 6 rings (SSSR count). The third-order valence-electron chi connectivity index (χ3n) is 7.59. The number of fused-ring (bicyclic) bond motifs is 4. The number of para-hydroxylation sites is 1. The maximum absolute atomic E-state index is 14.5. The van der Waals surface area contributed by atoms with Crippen LogP contribution in [0.3, 0.4) is 0 Å². The molecule has 3 aromatic rings. The third kappa shape index (κ3) is 3.97. The van der Waals surface area contributed by atoms with Crippen LogP contribution in [0.15, 0.2) is 36.7 Å². The first-order chi connectivity index (χ1) is 17.6. The van der Waals surface area contributed by atoms with Crippen LogP contribution in [0.2, 0.25) is 0 Å². The molecule has 5 heterocycles. The molecule has 36 heavy (non-hydrogen) atoms. The molecule has 2 aromatic heterocycles. The SMILES string of the molecule is COc1c(F)cccc1Nc1c2[nH]c3c1C(=O)NCC3CCCN1CCC[C@H]1COc1cnccc1-2. The molecule has 3 N–H and O–H groups in total. The highest BCUT2D eigenvalue weighted by Gasteiger charge is 2.34. The van der Waals surface area contributed by atoms with Gasteiger partial charge in [-0.05, 0) is 57.0 Å². The fraction of sp³-hybridized carbons (Fsp3) is 0.407. The van der Waals surface area contributed by atoms with E-state index in [0.717, 1.165) is 43.6 Å². The lowest BCUT2D eigenvalue weighted by molar-refractivity contribution is 0.0939. The van der Waals surface area contributed by atoms with Crippen molar-refractivity contribution in [2.45, 2.75) is 37.6 Å². The van der Waals surface area contributed by atoms with Gasteiger partial charge in [0.25, 0.3) is 5.91 Å². The minimum Gasteiger partial charge on any atom is -0.492 e. The number of hydrogen-bond acceptors (Lipinski definition) is 6. The molecule has 8 nitrogen and oxygen atoms in total. The van der Waals surface area contributed by atoms with E-state index >= 15 is 0 Å². The minimum atomic E-state index is -0.480. The average Bonchev–Trinajstić information content (AvgIpc) is 3.49. The predicted octanol–water partition coefficient (Wildman–Crippen LogP) is 4.43. The number of nitrogens with zero attached hydrogens (tertiary/aromatic N) is 2. The van der Waals surface area contributed by atoms with E-state index in [9.17, 15) is 9.18 Å². The summed E-state index contributed by atoms with van der Waals surface area (Å²) in [7, 11) is 1.43. The number of ether oxygens (including phenoxy) is 2. The summed E-state index contributed by atoms with van der Waals surface area (Å²) >= 11 is 0. The number of rotatable bonds is 3. The number of carbonyl (C=O) groups is 1. The van der Waals surface area contributed by atoms with Gasteiger partial charge in [-0.1, -0.05) is 6.07 Å². The Balaban J connectivity index is 1.51. The molecule has 1 unspecified atom stereocenters. The molecule has 3 aliphatic heterocycles. The highest BCUT2D eigenvalue weighted by molar-refractivity contribution is 6.07. The fourth-order valence-electron chi connectivity index (χ4n) is 5.80. The number of benzene rings is 1. The van der Waals surface area contributed by atoms with Gasteiger partial charge in [0.2, 0.25) is 0 Å². The summed E-state index contributed by atoms with van der Waals surface area (Å²) in [6, 6.07) is 6.97. The van der Waals surface area contributed by atoms with Crippen LogP contribution in [-0.4, -0.2) is 60.2 Å². The third-order valence-corrected chi connectivity index (χ3v) is 7.59. The van der Waals surface area contributed by atoms with Gasteiger partial charge in [0, 0.05) is 36.0 Å². The second-order valence-electron chi connectivity index (χ2n) is 9.67. The number of carbonyl (C=O) groups excluding carboxylic acids is 1. The fourth-order valence-corrected chi connectivity index (χ4v) is 5.80. The molecule has 9 heteroatoms. The molecule has 3 aliphatic rings. The number of nitrogens with one attached hydrogen (secondary N) is 3. The van der Waals surface area contributed by atoms with Crippen molar-refractivity contribution in [3.05, 3.63) is 53.7 Å². The van der Waals surface area contributed by atoms with E-state index in [-0.39, 0.29) is 17.6 Å². The molecular formula is C27H30FN5O3. The Bertz CT molecular complexity index is 1290. The summed E-state index contributed by atoms with van der Waals surface area (Å²) < 4.78 is 26.2. The number of methoxy groups -OCH3 is 1. The number of H-pyrrole nitrogens is 1. The lowest BCUT2D eigenvalue weighted by atomic mass is 9.92. The molecule has 2 atom stereocenters. The summed E-state index contributed by atoms with van der Waals surface area (Å²) in [5.74, 6) is 0.243. The zero-order valence-corrected chi connectivity index (χ0v) is 20.3. The van der Waals surface area contributed by atoms with Crippen LogP contribution in [0.4, 0.5) is 15.8 Å². The van der Waals surface area contributed by atoms with Crippen molar-refractivity contribution in [3.63, 3.8) is 0 Å². The normalized spacial score (nSPS) is 21.7. The monoisotopic (exact) mass is 491 g/mol. The number of halogens is 1. The van der Waals surface area contributed by atoms with Crippen molar-refractivity contribution in [3.8, 4) is 22.8 Å². The zero-order chi connectivity index (χ0) is 24.6. The Morgan fingerprint density at radius 1 is 1.22 bits per heavy atom. The lowest BCUT2D eigenvalue weighted by Gasteiger charge is -2.27.